The number of nitrogens with zero attached hydrogens (tertiary/aromatic N) is 3. The third-order valence-electron chi connectivity index (χ3n) is 5.99. The Morgan fingerprint density at radius 3 is 2.58 bits per heavy atom. The number of benzene rings is 2. The molecule has 1 saturated heterocycles. The Balaban J connectivity index is 1.16. The molecule has 0 spiro atoms. The number of hydrogen-bond donors (Lipinski definition) is 1. The van der Waals surface area contributed by atoms with Crippen molar-refractivity contribution in [1.29, 1.82) is 0 Å². The van der Waals surface area contributed by atoms with E-state index in [2.05, 4.69) is 32.5 Å². The lowest BCUT2D eigenvalue weighted by atomic mass is 9.96. The molecule has 1 fully saturated rings. The van der Waals surface area contributed by atoms with Crippen LogP contribution in [-0.2, 0) is 17.8 Å². The van der Waals surface area contributed by atoms with Gasteiger partial charge in [0.2, 0.25) is 17.6 Å². The van der Waals surface area contributed by atoms with Crippen LogP contribution in [0.2, 0.25) is 5.02 Å². The van der Waals surface area contributed by atoms with Gasteiger partial charge in [0.05, 0.1) is 13.7 Å². The van der Waals surface area contributed by atoms with Crippen LogP contribution in [0.25, 0.3) is 11.4 Å². The fraction of sp³-hybridized carbons (Fsp3) is 0.400. The van der Waals surface area contributed by atoms with Crippen molar-refractivity contribution in [3.05, 3.63) is 65.0 Å². The zero-order chi connectivity index (χ0) is 23.0. The van der Waals surface area contributed by atoms with Crippen LogP contribution in [0.3, 0.4) is 0 Å². The van der Waals surface area contributed by atoms with Gasteiger partial charge in [0, 0.05) is 23.0 Å². The molecule has 0 radical (unpaired) electrons. The predicted molar refractivity (Wildman–Crippen MR) is 127 cm³/mol. The number of carbonyl (C=O) groups excluding carboxylic acids is 1. The van der Waals surface area contributed by atoms with E-state index in [0.29, 0.717) is 29.8 Å². The van der Waals surface area contributed by atoms with Crippen molar-refractivity contribution in [3.63, 3.8) is 0 Å². The maximum Gasteiger partial charge on any atom is 0.241 e. The van der Waals surface area contributed by atoms with Gasteiger partial charge < -0.3 is 14.6 Å². The summed E-state index contributed by atoms with van der Waals surface area (Å²) in [4.78, 5) is 19.3. The number of methoxy groups -OCH3 is 1. The molecule has 0 unspecified atom stereocenters. The monoisotopic (exact) mass is 468 g/mol. The summed E-state index contributed by atoms with van der Waals surface area (Å²) >= 11 is 5.93. The molecule has 8 heteroatoms. The van der Waals surface area contributed by atoms with Gasteiger partial charge in [-0.05, 0) is 80.7 Å². The van der Waals surface area contributed by atoms with Gasteiger partial charge in [-0.2, -0.15) is 4.98 Å². The Morgan fingerprint density at radius 1 is 1.15 bits per heavy atom. The Bertz CT molecular complexity index is 1030. The molecule has 1 amide bonds. The quantitative estimate of drug-likeness (QED) is 0.470. The van der Waals surface area contributed by atoms with Crippen molar-refractivity contribution in [2.45, 2.75) is 32.2 Å². The van der Waals surface area contributed by atoms with E-state index in [-0.39, 0.29) is 11.8 Å². The summed E-state index contributed by atoms with van der Waals surface area (Å²) < 4.78 is 10.6. The molecule has 33 heavy (non-hydrogen) atoms. The minimum atomic E-state index is 0.0644. The largest absolute Gasteiger partial charge is 0.497 e. The van der Waals surface area contributed by atoms with Gasteiger partial charge in [-0.15, -0.1) is 0 Å². The van der Waals surface area contributed by atoms with Gasteiger partial charge >= 0.3 is 0 Å². The van der Waals surface area contributed by atoms with Crippen LogP contribution < -0.4 is 10.1 Å². The van der Waals surface area contributed by atoms with E-state index < -0.39 is 0 Å². The zero-order valence-electron chi connectivity index (χ0n) is 18.8. The summed E-state index contributed by atoms with van der Waals surface area (Å²) in [6.45, 7) is 2.96. The second-order valence-electron chi connectivity index (χ2n) is 8.31. The highest BCUT2D eigenvalue weighted by Crippen LogP contribution is 2.22. The number of hydrogen-bond acceptors (Lipinski definition) is 6. The van der Waals surface area contributed by atoms with Gasteiger partial charge in [0.1, 0.15) is 5.75 Å². The molecule has 2 heterocycles. The smallest absolute Gasteiger partial charge is 0.241 e. The van der Waals surface area contributed by atoms with Crippen molar-refractivity contribution in [2.75, 3.05) is 26.7 Å². The molecular formula is C25H29ClN4O3. The van der Waals surface area contributed by atoms with Gasteiger partial charge in [-0.3, -0.25) is 9.69 Å². The van der Waals surface area contributed by atoms with Crippen LogP contribution in [-0.4, -0.2) is 47.7 Å². The fourth-order valence-corrected chi connectivity index (χ4v) is 4.15. The lowest BCUT2D eigenvalue weighted by molar-refractivity contribution is -0.126. The number of ether oxygens (including phenoxy) is 1. The Hall–Kier alpha value is -2.90. The van der Waals surface area contributed by atoms with Crippen LogP contribution >= 0.6 is 11.6 Å². The maximum absolute atomic E-state index is 12.5. The lowest BCUT2D eigenvalue weighted by Crippen LogP contribution is -2.40. The van der Waals surface area contributed by atoms with E-state index >= 15 is 0 Å². The van der Waals surface area contributed by atoms with Gasteiger partial charge in [0.15, 0.2) is 0 Å². The Labute approximate surface area is 199 Å². The average Bonchev–Trinajstić information content (AvgIpc) is 3.31. The predicted octanol–water partition coefficient (Wildman–Crippen LogP) is 4.36. The molecule has 3 aromatic rings. The Morgan fingerprint density at radius 2 is 1.88 bits per heavy atom. The first kappa shape index (κ1) is 23.3. The SMILES string of the molecule is COc1ccc(CCCNC(=O)C2CCN(Cc3nc(-c4ccc(Cl)cc4)no3)CC2)cc1. The lowest BCUT2D eigenvalue weighted by Gasteiger charge is -2.30. The van der Waals surface area contributed by atoms with Crippen LogP contribution in [0.15, 0.2) is 53.1 Å². The van der Waals surface area contributed by atoms with Gasteiger partial charge in [-0.1, -0.05) is 28.9 Å². The molecule has 0 saturated carbocycles. The average molecular weight is 469 g/mol. The summed E-state index contributed by atoms with van der Waals surface area (Å²) in [5.41, 5.74) is 2.12. The van der Waals surface area contributed by atoms with E-state index in [1.54, 1.807) is 7.11 Å². The van der Waals surface area contributed by atoms with Crippen molar-refractivity contribution in [3.8, 4) is 17.1 Å². The van der Waals surface area contributed by atoms with Crippen molar-refractivity contribution in [2.24, 2.45) is 5.92 Å². The number of aryl methyl sites for hydroxylation is 1. The van der Waals surface area contributed by atoms with E-state index in [9.17, 15) is 4.79 Å². The fourth-order valence-electron chi connectivity index (χ4n) is 4.02. The molecule has 1 aliphatic heterocycles. The number of rotatable bonds is 9. The third kappa shape index (κ3) is 6.55. The molecule has 1 aliphatic rings. The molecule has 1 N–H and O–H groups in total. The highest BCUT2D eigenvalue weighted by Gasteiger charge is 2.25. The second-order valence-corrected chi connectivity index (χ2v) is 8.75. The minimum Gasteiger partial charge on any atom is -0.497 e. The van der Waals surface area contributed by atoms with E-state index in [0.717, 1.165) is 50.1 Å². The number of piperidine rings is 1. The third-order valence-corrected chi connectivity index (χ3v) is 6.24. The standard InChI is InChI=1S/C25H29ClN4O3/c1-32-22-10-4-18(5-11-22)3-2-14-27-25(31)20-12-15-30(16-13-20)17-23-28-24(29-33-23)19-6-8-21(26)9-7-19/h4-11,20H,2-3,12-17H2,1H3,(H,27,31). The van der Waals surface area contributed by atoms with Crippen LogP contribution in [0, 0.1) is 5.92 Å². The number of aromatic nitrogens is 2. The summed E-state index contributed by atoms with van der Waals surface area (Å²) in [5, 5.41) is 7.85. The molecule has 2 aromatic carbocycles. The molecule has 1 aromatic heterocycles. The van der Waals surface area contributed by atoms with Crippen molar-refractivity contribution < 1.29 is 14.1 Å². The second kappa shape index (κ2) is 11.3. The molecule has 7 nitrogen and oxygen atoms in total. The normalized spacial score (nSPS) is 14.8. The topological polar surface area (TPSA) is 80.5 Å². The first-order valence-electron chi connectivity index (χ1n) is 11.3. The van der Waals surface area contributed by atoms with Gasteiger partial charge in [0.25, 0.3) is 0 Å². The number of carbonyl (C=O) groups is 1. The highest BCUT2D eigenvalue weighted by atomic mass is 35.5. The summed E-state index contributed by atoms with van der Waals surface area (Å²) in [6, 6.07) is 15.4. The summed E-state index contributed by atoms with van der Waals surface area (Å²) in [5.74, 6) is 2.23. The molecule has 0 aliphatic carbocycles. The summed E-state index contributed by atoms with van der Waals surface area (Å²) in [6.07, 6.45) is 3.53. The molecule has 0 bridgehead atoms. The van der Waals surface area contributed by atoms with E-state index in [1.165, 1.54) is 5.56 Å². The first-order valence-corrected chi connectivity index (χ1v) is 11.7. The molecular weight excluding hydrogens is 440 g/mol. The Kier molecular flexibility index (Phi) is 7.96. The van der Waals surface area contributed by atoms with Crippen molar-refractivity contribution in [1.82, 2.24) is 20.4 Å². The molecule has 174 valence electrons. The number of amides is 1. The van der Waals surface area contributed by atoms with Crippen LogP contribution in [0.4, 0.5) is 0 Å². The summed E-state index contributed by atoms with van der Waals surface area (Å²) in [7, 11) is 1.67. The van der Waals surface area contributed by atoms with E-state index in [1.807, 2.05) is 36.4 Å². The first-order chi connectivity index (χ1) is 16.1. The number of likely N-dealkylation sites (tertiary alicyclic amines) is 1. The molecule has 4 rings (SSSR count). The van der Waals surface area contributed by atoms with Crippen LogP contribution in [0.5, 0.6) is 5.75 Å². The maximum atomic E-state index is 12.5. The number of halogens is 1. The molecule has 0 atom stereocenters. The number of nitrogens with one attached hydrogen (secondary N) is 1. The minimum absolute atomic E-state index is 0.0644. The van der Waals surface area contributed by atoms with Crippen LogP contribution in [0.1, 0.15) is 30.7 Å². The van der Waals surface area contributed by atoms with E-state index in [4.69, 9.17) is 20.9 Å². The zero-order valence-corrected chi connectivity index (χ0v) is 19.6. The van der Waals surface area contributed by atoms with Crippen molar-refractivity contribution >= 4 is 17.5 Å². The van der Waals surface area contributed by atoms with Gasteiger partial charge in [-0.25, -0.2) is 0 Å². The highest BCUT2D eigenvalue weighted by molar-refractivity contribution is 6.30.